The van der Waals surface area contributed by atoms with E-state index >= 15 is 0 Å². The third-order valence-electron chi connectivity index (χ3n) is 3.17. The van der Waals surface area contributed by atoms with Crippen molar-refractivity contribution in [2.45, 2.75) is 20.8 Å². The molecule has 1 unspecified atom stereocenters. The summed E-state index contributed by atoms with van der Waals surface area (Å²) in [5.74, 6) is 1.13. The number of methoxy groups -OCH3 is 1. The van der Waals surface area contributed by atoms with Gasteiger partial charge in [0.1, 0.15) is 11.5 Å². The van der Waals surface area contributed by atoms with Crippen molar-refractivity contribution in [1.82, 2.24) is 5.32 Å². The standard InChI is InChI=1S/C14H21NO3/c1-9(2)10(3)8-15-14(17)12-7-11(18-4)5-6-13(12)16/h5-7,9-10,16H,8H2,1-4H3,(H,15,17). The first kappa shape index (κ1) is 14.4. The molecule has 0 radical (unpaired) electrons. The lowest BCUT2D eigenvalue weighted by molar-refractivity contribution is 0.0942. The number of phenols is 1. The molecule has 100 valence electrons. The zero-order chi connectivity index (χ0) is 13.7. The molecule has 1 atom stereocenters. The topological polar surface area (TPSA) is 58.6 Å². The molecule has 0 heterocycles. The van der Waals surface area contributed by atoms with Crippen LogP contribution in [0.1, 0.15) is 31.1 Å². The second kappa shape index (κ2) is 6.28. The van der Waals surface area contributed by atoms with Crippen LogP contribution in [0, 0.1) is 11.8 Å². The minimum Gasteiger partial charge on any atom is -0.507 e. The quantitative estimate of drug-likeness (QED) is 0.845. The van der Waals surface area contributed by atoms with E-state index in [4.69, 9.17) is 4.74 Å². The lowest BCUT2D eigenvalue weighted by Crippen LogP contribution is -2.30. The third kappa shape index (κ3) is 3.65. The largest absolute Gasteiger partial charge is 0.507 e. The van der Waals surface area contributed by atoms with Gasteiger partial charge in [-0.1, -0.05) is 20.8 Å². The number of benzene rings is 1. The predicted molar refractivity (Wildman–Crippen MR) is 71.0 cm³/mol. The van der Waals surface area contributed by atoms with Gasteiger partial charge in [-0.15, -0.1) is 0 Å². The van der Waals surface area contributed by atoms with Gasteiger partial charge in [-0.05, 0) is 30.0 Å². The van der Waals surface area contributed by atoms with Crippen LogP contribution in [0.5, 0.6) is 11.5 Å². The number of phenolic OH excluding ortho intramolecular Hbond substituents is 1. The fourth-order valence-corrected chi connectivity index (χ4v) is 1.41. The van der Waals surface area contributed by atoms with E-state index in [2.05, 4.69) is 26.1 Å². The number of amides is 1. The second-order valence-corrected chi connectivity index (χ2v) is 4.81. The molecule has 2 N–H and O–H groups in total. The highest BCUT2D eigenvalue weighted by atomic mass is 16.5. The molecule has 0 saturated heterocycles. The van der Waals surface area contributed by atoms with E-state index < -0.39 is 0 Å². The molecule has 0 aliphatic heterocycles. The molecule has 1 aromatic rings. The Kier molecular flexibility index (Phi) is 5.01. The fourth-order valence-electron chi connectivity index (χ4n) is 1.41. The molecule has 0 aliphatic carbocycles. The summed E-state index contributed by atoms with van der Waals surface area (Å²) in [6.07, 6.45) is 0. The van der Waals surface area contributed by atoms with Gasteiger partial charge in [0, 0.05) is 6.54 Å². The van der Waals surface area contributed by atoms with Crippen molar-refractivity contribution in [3.05, 3.63) is 23.8 Å². The zero-order valence-electron chi connectivity index (χ0n) is 11.4. The summed E-state index contributed by atoms with van der Waals surface area (Å²) in [5.41, 5.74) is 0.241. The van der Waals surface area contributed by atoms with Crippen molar-refractivity contribution in [3.63, 3.8) is 0 Å². The van der Waals surface area contributed by atoms with E-state index in [0.717, 1.165) is 0 Å². The molecule has 0 saturated carbocycles. The molecule has 18 heavy (non-hydrogen) atoms. The van der Waals surface area contributed by atoms with Crippen molar-refractivity contribution in [1.29, 1.82) is 0 Å². The SMILES string of the molecule is COc1ccc(O)c(C(=O)NCC(C)C(C)C)c1. The van der Waals surface area contributed by atoms with Gasteiger partial charge in [-0.2, -0.15) is 0 Å². The highest BCUT2D eigenvalue weighted by Crippen LogP contribution is 2.22. The van der Waals surface area contributed by atoms with Gasteiger partial charge in [0.15, 0.2) is 0 Å². The molecule has 0 fully saturated rings. The van der Waals surface area contributed by atoms with Crippen LogP contribution in [0.15, 0.2) is 18.2 Å². The van der Waals surface area contributed by atoms with Crippen molar-refractivity contribution < 1.29 is 14.6 Å². The Bertz CT molecular complexity index is 416. The fraction of sp³-hybridized carbons (Fsp3) is 0.500. The van der Waals surface area contributed by atoms with Gasteiger partial charge in [0.2, 0.25) is 0 Å². The maximum Gasteiger partial charge on any atom is 0.255 e. The van der Waals surface area contributed by atoms with Crippen LogP contribution in [0.4, 0.5) is 0 Å². The number of rotatable bonds is 5. The molecular formula is C14H21NO3. The van der Waals surface area contributed by atoms with E-state index in [1.54, 1.807) is 6.07 Å². The Balaban J connectivity index is 2.72. The summed E-state index contributed by atoms with van der Waals surface area (Å²) in [4.78, 5) is 11.9. The third-order valence-corrected chi connectivity index (χ3v) is 3.17. The summed E-state index contributed by atoms with van der Waals surface area (Å²) in [7, 11) is 1.52. The van der Waals surface area contributed by atoms with E-state index in [-0.39, 0.29) is 17.2 Å². The molecule has 1 amide bonds. The van der Waals surface area contributed by atoms with Crippen molar-refractivity contribution >= 4 is 5.91 Å². The Hall–Kier alpha value is -1.71. The average Bonchev–Trinajstić information content (AvgIpc) is 2.35. The Morgan fingerprint density at radius 2 is 2.06 bits per heavy atom. The molecule has 1 rings (SSSR count). The first-order chi connectivity index (χ1) is 8.45. The summed E-state index contributed by atoms with van der Waals surface area (Å²) < 4.78 is 5.03. The van der Waals surface area contributed by atoms with E-state index in [0.29, 0.717) is 24.1 Å². The Morgan fingerprint density at radius 1 is 1.39 bits per heavy atom. The minimum atomic E-state index is -0.279. The van der Waals surface area contributed by atoms with Gasteiger partial charge < -0.3 is 15.2 Å². The first-order valence-corrected chi connectivity index (χ1v) is 6.11. The number of aromatic hydroxyl groups is 1. The van der Waals surface area contributed by atoms with Crippen LogP contribution >= 0.6 is 0 Å². The number of carbonyl (C=O) groups excluding carboxylic acids is 1. The van der Waals surface area contributed by atoms with Crippen LogP contribution in [-0.4, -0.2) is 24.7 Å². The first-order valence-electron chi connectivity index (χ1n) is 6.11. The zero-order valence-corrected chi connectivity index (χ0v) is 11.4. The van der Waals surface area contributed by atoms with Gasteiger partial charge in [0.05, 0.1) is 12.7 Å². The smallest absolute Gasteiger partial charge is 0.255 e. The lowest BCUT2D eigenvalue weighted by Gasteiger charge is -2.16. The van der Waals surface area contributed by atoms with Crippen molar-refractivity contribution in [2.24, 2.45) is 11.8 Å². The second-order valence-electron chi connectivity index (χ2n) is 4.81. The van der Waals surface area contributed by atoms with E-state index in [1.165, 1.54) is 19.2 Å². The highest BCUT2D eigenvalue weighted by molar-refractivity contribution is 5.97. The normalized spacial score (nSPS) is 12.3. The molecular weight excluding hydrogens is 230 g/mol. The number of hydrogen-bond acceptors (Lipinski definition) is 3. The molecule has 1 aromatic carbocycles. The molecule has 0 aliphatic rings. The summed E-state index contributed by atoms with van der Waals surface area (Å²) in [6.45, 7) is 6.89. The Morgan fingerprint density at radius 3 is 2.61 bits per heavy atom. The van der Waals surface area contributed by atoms with Crippen LogP contribution < -0.4 is 10.1 Å². The number of nitrogens with one attached hydrogen (secondary N) is 1. The Labute approximate surface area is 108 Å². The van der Waals surface area contributed by atoms with Crippen LogP contribution in [0.2, 0.25) is 0 Å². The number of carbonyl (C=O) groups is 1. The van der Waals surface area contributed by atoms with Crippen LogP contribution in [0.3, 0.4) is 0 Å². The van der Waals surface area contributed by atoms with Gasteiger partial charge in [-0.3, -0.25) is 4.79 Å². The van der Waals surface area contributed by atoms with Crippen molar-refractivity contribution in [2.75, 3.05) is 13.7 Å². The van der Waals surface area contributed by atoms with Gasteiger partial charge in [-0.25, -0.2) is 0 Å². The highest BCUT2D eigenvalue weighted by Gasteiger charge is 2.14. The van der Waals surface area contributed by atoms with Crippen LogP contribution in [0.25, 0.3) is 0 Å². The molecule has 4 heteroatoms. The average molecular weight is 251 g/mol. The predicted octanol–water partition coefficient (Wildman–Crippen LogP) is 2.42. The number of hydrogen-bond donors (Lipinski definition) is 2. The summed E-state index contributed by atoms with van der Waals surface area (Å²) in [6, 6.07) is 4.60. The minimum absolute atomic E-state index is 0.0366. The summed E-state index contributed by atoms with van der Waals surface area (Å²) in [5, 5.41) is 12.5. The van der Waals surface area contributed by atoms with Gasteiger partial charge in [0.25, 0.3) is 5.91 Å². The summed E-state index contributed by atoms with van der Waals surface area (Å²) >= 11 is 0. The monoisotopic (exact) mass is 251 g/mol. The maximum absolute atomic E-state index is 11.9. The molecule has 0 bridgehead atoms. The van der Waals surface area contributed by atoms with E-state index in [1.807, 2.05) is 0 Å². The van der Waals surface area contributed by atoms with E-state index in [9.17, 15) is 9.90 Å². The van der Waals surface area contributed by atoms with Gasteiger partial charge >= 0.3 is 0 Å². The molecule has 4 nitrogen and oxygen atoms in total. The lowest BCUT2D eigenvalue weighted by atomic mass is 9.98. The molecule has 0 spiro atoms. The maximum atomic E-state index is 11.9. The van der Waals surface area contributed by atoms with Crippen molar-refractivity contribution in [3.8, 4) is 11.5 Å². The van der Waals surface area contributed by atoms with Crippen LogP contribution in [-0.2, 0) is 0 Å². The molecule has 0 aromatic heterocycles. The number of ether oxygens (including phenoxy) is 1.